The molecule has 270 valence electrons. The highest BCUT2D eigenvalue weighted by atomic mass is 79.9. The number of aryl methyl sites for hydroxylation is 2. The van der Waals surface area contributed by atoms with Crippen molar-refractivity contribution in [2.24, 2.45) is 0 Å². The Kier molecular flexibility index (Phi) is 11.6. The van der Waals surface area contributed by atoms with Gasteiger partial charge in [0.15, 0.2) is 12.2 Å². The first-order chi connectivity index (χ1) is 24.5. The number of carboxylic acids is 1. The largest absolute Gasteiger partial charge is 0.492 e. The molecule has 0 aromatic heterocycles. The molecule has 2 amide bonds. The third-order valence-electron chi connectivity index (χ3n) is 9.95. The quantitative estimate of drug-likeness (QED) is 0.179. The number of aliphatic carboxylic acids is 1. The van der Waals surface area contributed by atoms with Crippen molar-refractivity contribution in [2.75, 3.05) is 26.2 Å². The summed E-state index contributed by atoms with van der Waals surface area (Å²) >= 11 is 3.39. The topological polar surface area (TPSA) is 140 Å². The SMILES string of the molecule is Cc1ccccc1CCN(C(=O)C1=C(c2ccc(CCCOc3cc(F)ccc3Br)cc2)C[C@@H]2CN(C(=O)[C@@H](O)[C@H](O)C(=O)O)C[C@H]1N2)C1CC1. The van der Waals surface area contributed by atoms with Crippen molar-refractivity contribution in [2.45, 2.75) is 75.8 Å². The second-order valence-corrected chi connectivity index (χ2v) is 14.5. The van der Waals surface area contributed by atoms with Crippen LogP contribution in [-0.4, -0.2) is 99.5 Å². The number of nitrogens with one attached hydrogen (secondary N) is 1. The summed E-state index contributed by atoms with van der Waals surface area (Å²) in [4.78, 5) is 42.5. The van der Waals surface area contributed by atoms with Gasteiger partial charge in [0.25, 0.3) is 11.8 Å². The number of hydrogen-bond donors (Lipinski definition) is 4. The monoisotopic (exact) mass is 763 g/mol. The van der Waals surface area contributed by atoms with Crippen molar-refractivity contribution in [1.82, 2.24) is 15.1 Å². The summed E-state index contributed by atoms with van der Waals surface area (Å²) < 4.78 is 20.1. The van der Waals surface area contributed by atoms with Crippen molar-refractivity contribution in [3.05, 3.63) is 105 Å². The van der Waals surface area contributed by atoms with Gasteiger partial charge in [-0.25, -0.2) is 9.18 Å². The minimum atomic E-state index is -2.25. The molecular weight excluding hydrogens is 721 g/mol. The molecule has 2 aliphatic heterocycles. The van der Waals surface area contributed by atoms with E-state index in [2.05, 4.69) is 40.3 Å². The van der Waals surface area contributed by atoms with Crippen LogP contribution in [-0.2, 0) is 27.2 Å². The van der Waals surface area contributed by atoms with Gasteiger partial charge in [-0.3, -0.25) is 9.59 Å². The van der Waals surface area contributed by atoms with Crippen LogP contribution in [0.4, 0.5) is 4.39 Å². The van der Waals surface area contributed by atoms with E-state index >= 15 is 0 Å². The minimum absolute atomic E-state index is 0.0408. The smallest absolute Gasteiger partial charge is 0.335 e. The summed E-state index contributed by atoms with van der Waals surface area (Å²) in [6.45, 7) is 3.24. The van der Waals surface area contributed by atoms with Crippen molar-refractivity contribution in [1.29, 1.82) is 0 Å². The van der Waals surface area contributed by atoms with E-state index in [-0.39, 0.29) is 36.9 Å². The molecule has 3 aliphatic rings. The number of carboxylic acid groups (broad SMARTS) is 1. The molecule has 3 aromatic rings. The summed E-state index contributed by atoms with van der Waals surface area (Å²) in [7, 11) is 0. The van der Waals surface area contributed by atoms with Gasteiger partial charge in [0.05, 0.1) is 17.1 Å². The molecule has 0 radical (unpaired) electrons. The maximum absolute atomic E-state index is 14.7. The number of rotatable bonds is 14. The number of piperazine rings is 1. The van der Waals surface area contributed by atoms with Crippen LogP contribution in [0.1, 0.15) is 47.9 Å². The normalized spacial score (nSPS) is 19.7. The molecule has 6 rings (SSSR count). The molecule has 4 atom stereocenters. The van der Waals surface area contributed by atoms with Crippen LogP contribution in [0.2, 0.25) is 0 Å². The summed E-state index contributed by atoms with van der Waals surface area (Å²) in [5.41, 5.74) is 5.81. The number of aliphatic hydroxyl groups is 2. The van der Waals surface area contributed by atoms with Gasteiger partial charge in [-0.15, -0.1) is 0 Å². The first-order valence-corrected chi connectivity index (χ1v) is 18.2. The van der Waals surface area contributed by atoms with Crippen molar-refractivity contribution in [3.63, 3.8) is 0 Å². The second-order valence-electron chi connectivity index (χ2n) is 13.6. The number of benzene rings is 3. The minimum Gasteiger partial charge on any atom is -0.492 e. The lowest BCUT2D eigenvalue weighted by Crippen LogP contribution is -2.64. The number of halogens is 2. The number of fused-ring (bicyclic) bond motifs is 2. The van der Waals surface area contributed by atoms with Gasteiger partial charge in [0, 0.05) is 43.4 Å². The molecule has 3 aromatic carbocycles. The van der Waals surface area contributed by atoms with E-state index < -0.39 is 30.1 Å². The predicted molar refractivity (Wildman–Crippen MR) is 192 cm³/mol. The Hall–Kier alpha value is -4.10. The molecule has 4 N–H and O–H groups in total. The van der Waals surface area contributed by atoms with E-state index in [4.69, 9.17) is 4.74 Å². The van der Waals surface area contributed by atoms with Crippen LogP contribution >= 0.6 is 15.9 Å². The molecule has 2 fully saturated rings. The van der Waals surface area contributed by atoms with E-state index in [1.54, 1.807) is 6.07 Å². The fraction of sp³-hybridized carbons (Fsp3) is 0.410. The Morgan fingerprint density at radius 1 is 1.02 bits per heavy atom. The number of nitrogens with zero attached hydrogens (tertiary/aromatic N) is 2. The van der Waals surface area contributed by atoms with Crippen LogP contribution in [0.5, 0.6) is 5.75 Å². The molecule has 12 heteroatoms. The molecule has 2 heterocycles. The number of carbonyl (C=O) groups is 3. The molecule has 10 nitrogen and oxygen atoms in total. The number of aliphatic hydroxyl groups excluding tert-OH is 2. The third kappa shape index (κ3) is 8.69. The van der Waals surface area contributed by atoms with Gasteiger partial charge >= 0.3 is 5.97 Å². The Bertz CT molecular complexity index is 1800. The number of ether oxygens (including phenoxy) is 1. The lowest BCUT2D eigenvalue weighted by atomic mass is 9.82. The zero-order chi connectivity index (χ0) is 36.2. The Morgan fingerprint density at radius 2 is 1.76 bits per heavy atom. The molecule has 1 saturated heterocycles. The van der Waals surface area contributed by atoms with Gasteiger partial charge in [-0.2, -0.15) is 0 Å². The first-order valence-electron chi connectivity index (χ1n) is 17.4. The molecule has 51 heavy (non-hydrogen) atoms. The molecule has 1 aliphatic carbocycles. The van der Waals surface area contributed by atoms with E-state index in [1.807, 2.05) is 41.3 Å². The Balaban J connectivity index is 1.24. The van der Waals surface area contributed by atoms with Crippen molar-refractivity contribution < 1.29 is 38.8 Å². The zero-order valence-corrected chi connectivity index (χ0v) is 30.0. The zero-order valence-electron chi connectivity index (χ0n) is 28.4. The van der Waals surface area contributed by atoms with Crippen LogP contribution < -0.4 is 10.1 Å². The standard InChI is InChI=1S/C39H43BrFN3O7/c1-23-5-2-3-7-25(23)16-17-44(29-13-14-29)37(47)34-30(20-28-21-43(22-32(34)42-28)38(48)35(45)36(46)39(49)50)26-10-8-24(9-11-26)6-4-18-51-33-19-27(41)12-15-31(33)40/h2-3,5,7-12,15,19,28-29,32,35-36,42,45-46H,4,6,13-14,16-18,20-22H2,1H3,(H,49,50)/t28-,32-,35+,36+/m1/s1. The second kappa shape index (κ2) is 16.1. The fourth-order valence-electron chi connectivity index (χ4n) is 7.05. The van der Waals surface area contributed by atoms with E-state index in [0.717, 1.165) is 36.0 Å². The lowest BCUT2D eigenvalue weighted by Gasteiger charge is -2.45. The molecule has 0 unspecified atom stereocenters. The number of hydrogen-bond acceptors (Lipinski definition) is 7. The first kappa shape index (κ1) is 36.7. The Morgan fingerprint density at radius 3 is 2.47 bits per heavy atom. The fourth-order valence-corrected chi connectivity index (χ4v) is 7.41. The van der Waals surface area contributed by atoms with Crippen LogP contribution in [0.15, 0.2) is 76.8 Å². The maximum Gasteiger partial charge on any atom is 0.335 e. The summed E-state index contributed by atoms with van der Waals surface area (Å²) in [5.74, 6) is -2.57. The summed E-state index contributed by atoms with van der Waals surface area (Å²) in [6.07, 6.45) is 0.0611. The summed E-state index contributed by atoms with van der Waals surface area (Å²) in [5, 5.41) is 33.0. The van der Waals surface area contributed by atoms with E-state index in [9.17, 15) is 34.1 Å². The maximum atomic E-state index is 14.7. The third-order valence-corrected chi connectivity index (χ3v) is 10.6. The van der Waals surface area contributed by atoms with Gasteiger partial charge in [0.1, 0.15) is 11.6 Å². The highest BCUT2D eigenvalue weighted by Crippen LogP contribution is 2.37. The van der Waals surface area contributed by atoms with Gasteiger partial charge in [0.2, 0.25) is 0 Å². The van der Waals surface area contributed by atoms with Crippen LogP contribution in [0.25, 0.3) is 5.57 Å². The highest BCUT2D eigenvalue weighted by molar-refractivity contribution is 9.10. The average Bonchev–Trinajstić information content (AvgIpc) is 3.96. The Labute approximate surface area is 305 Å². The predicted octanol–water partition coefficient (Wildman–Crippen LogP) is 4.27. The molecule has 2 bridgehead atoms. The lowest BCUT2D eigenvalue weighted by molar-refractivity contribution is -0.163. The van der Waals surface area contributed by atoms with Crippen molar-refractivity contribution in [3.8, 4) is 5.75 Å². The number of amides is 2. The molecule has 1 saturated carbocycles. The van der Waals surface area contributed by atoms with Crippen LogP contribution in [0, 0.1) is 12.7 Å². The highest BCUT2D eigenvalue weighted by Gasteiger charge is 2.45. The van der Waals surface area contributed by atoms with Crippen LogP contribution in [0.3, 0.4) is 0 Å². The molecule has 0 spiro atoms. The average molecular weight is 765 g/mol. The van der Waals surface area contributed by atoms with Gasteiger partial charge in [-0.1, -0.05) is 48.5 Å². The van der Waals surface area contributed by atoms with Crippen molar-refractivity contribution >= 4 is 39.3 Å². The van der Waals surface area contributed by atoms with Gasteiger partial charge in [-0.05, 0) is 101 Å². The number of carbonyl (C=O) groups excluding carboxylic acids is 2. The van der Waals surface area contributed by atoms with Gasteiger partial charge < -0.3 is 35.2 Å². The summed E-state index contributed by atoms with van der Waals surface area (Å²) in [6, 6.07) is 19.9. The molecular formula is C39H43BrFN3O7. The van der Waals surface area contributed by atoms with E-state index in [1.165, 1.54) is 28.2 Å². The van der Waals surface area contributed by atoms with E-state index in [0.29, 0.717) is 48.2 Å².